The summed E-state index contributed by atoms with van der Waals surface area (Å²) in [6, 6.07) is 0.852. The molecule has 0 aromatic carbocycles. The molecule has 5 nitrogen and oxygen atoms in total. The van der Waals surface area contributed by atoms with Gasteiger partial charge in [0.15, 0.2) is 5.82 Å². The number of rotatable bonds is 6. The second-order valence-electron chi connectivity index (χ2n) is 5.72. The van der Waals surface area contributed by atoms with Crippen molar-refractivity contribution in [1.82, 2.24) is 9.78 Å². The maximum absolute atomic E-state index is 9.11. The van der Waals surface area contributed by atoms with Gasteiger partial charge < -0.3 is 15.7 Å². The zero-order valence-electron chi connectivity index (χ0n) is 12.3. The van der Waals surface area contributed by atoms with Crippen molar-refractivity contribution in [3.05, 3.63) is 5.69 Å². The maximum atomic E-state index is 9.11. The summed E-state index contributed by atoms with van der Waals surface area (Å²) in [5, 5.41) is 13.7. The van der Waals surface area contributed by atoms with E-state index in [1.807, 2.05) is 11.6 Å². The van der Waals surface area contributed by atoms with Crippen LogP contribution in [0, 0.1) is 6.92 Å². The Bertz CT molecular complexity index is 423. The van der Waals surface area contributed by atoms with Crippen LogP contribution in [0.2, 0.25) is 0 Å². The molecule has 108 valence electrons. The van der Waals surface area contributed by atoms with Gasteiger partial charge in [0.1, 0.15) is 0 Å². The zero-order valence-corrected chi connectivity index (χ0v) is 12.3. The van der Waals surface area contributed by atoms with Crippen LogP contribution in [0.25, 0.3) is 0 Å². The molecule has 0 radical (unpaired) electrons. The van der Waals surface area contributed by atoms with Crippen molar-refractivity contribution in [3.63, 3.8) is 0 Å². The molecule has 0 amide bonds. The normalized spacial score (nSPS) is 15.8. The van der Waals surface area contributed by atoms with Crippen molar-refractivity contribution < 1.29 is 5.11 Å². The van der Waals surface area contributed by atoms with Gasteiger partial charge in [-0.3, -0.25) is 0 Å². The summed E-state index contributed by atoms with van der Waals surface area (Å²) < 4.78 is 2.03. The number of nitrogens with zero attached hydrogens (tertiary/aromatic N) is 3. The highest BCUT2D eigenvalue weighted by Gasteiger charge is 2.30. The van der Waals surface area contributed by atoms with E-state index < -0.39 is 0 Å². The summed E-state index contributed by atoms with van der Waals surface area (Å²) in [6.45, 7) is 7.28. The van der Waals surface area contributed by atoms with Crippen LogP contribution >= 0.6 is 0 Å². The van der Waals surface area contributed by atoms with Gasteiger partial charge >= 0.3 is 0 Å². The molecule has 1 heterocycles. The van der Waals surface area contributed by atoms with E-state index >= 15 is 0 Å². The second kappa shape index (κ2) is 5.82. The number of aliphatic hydroxyl groups is 1. The molecule has 0 unspecified atom stereocenters. The first-order valence-electron chi connectivity index (χ1n) is 7.28. The molecule has 0 aliphatic heterocycles. The standard InChI is InChI=1S/C14H26N4O/c1-10(2)18-14(13(15)11(3)16-18)17(8-5-9-19)12-6-4-7-12/h10,12,19H,4-9,15H2,1-3H3. The quantitative estimate of drug-likeness (QED) is 0.827. The first-order chi connectivity index (χ1) is 9.06. The van der Waals surface area contributed by atoms with E-state index in [2.05, 4.69) is 23.8 Å². The van der Waals surface area contributed by atoms with Crippen LogP contribution in [0.1, 0.15) is 51.3 Å². The lowest BCUT2D eigenvalue weighted by Gasteiger charge is -2.39. The van der Waals surface area contributed by atoms with Gasteiger partial charge in [0, 0.05) is 25.2 Å². The largest absolute Gasteiger partial charge is 0.396 e. The van der Waals surface area contributed by atoms with Gasteiger partial charge in [0.25, 0.3) is 0 Å². The summed E-state index contributed by atoms with van der Waals surface area (Å²) in [7, 11) is 0. The third-order valence-corrected chi connectivity index (χ3v) is 3.94. The van der Waals surface area contributed by atoms with Gasteiger partial charge in [-0.1, -0.05) is 0 Å². The molecule has 3 N–H and O–H groups in total. The number of aliphatic hydroxyl groups excluding tert-OH is 1. The van der Waals surface area contributed by atoms with Crippen molar-refractivity contribution in [2.45, 2.75) is 58.5 Å². The molecule has 1 aromatic rings. The van der Waals surface area contributed by atoms with Gasteiger partial charge in [0.05, 0.1) is 11.4 Å². The van der Waals surface area contributed by atoms with Crippen molar-refractivity contribution in [2.24, 2.45) is 0 Å². The molecular formula is C14H26N4O. The highest BCUT2D eigenvalue weighted by Crippen LogP contribution is 2.35. The molecule has 1 aromatic heterocycles. The Morgan fingerprint density at radius 1 is 1.47 bits per heavy atom. The number of hydrogen-bond donors (Lipinski definition) is 2. The Kier molecular flexibility index (Phi) is 4.34. The lowest BCUT2D eigenvalue weighted by Crippen LogP contribution is -2.42. The fraction of sp³-hybridized carbons (Fsp3) is 0.786. The molecule has 1 saturated carbocycles. The van der Waals surface area contributed by atoms with Gasteiger partial charge in [-0.05, 0) is 46.5 Å². The zero-order chi connectivity index (χ0) is 14.0. The van der Waals surface area contributed by atoms with E-state index in [0.717, 1.165) is 30.2 Å². The Balaban J connectivity index is 2.33. The summed E-state index contributed by atoms with van der Waals surface area (Å²) in [5.74, 6) is 1.05. The minimum Gasteiger partial charge on any atom is -0.396 e. The lowest BCUT2D eigenvalue weighted by molar-refractivity contribution is 0.281. The minimum absolute atomic E-state index is 0.220. The third kappa shape index (κ3) is 2.71. The Hall–Kier alpha value is -1.23. The summed E-state index contributed by atoms with van der Waals surface area (Å²) in [5.41, 5.74) is 7.93. The number of nitrogen functional groups attached to an aromatic ring is 1. The number of nitrogens with two attached hydrogens (primary N) is 1. The van der Waals surface area contributed by atoms with E-state index in [1.54, 1.807) is 0 Å². The van der Waals surface area contributed by atoms with Crippen LogP contribution < -0.4 is 10.6 Å². The van der Waals surface area contributed by atoms with E-state index in [4.69, 9.17) is 10.8 Å². The van der Waals surface area contributed by atoms with E-state index in [9.17, 15) is 0 Å². The molecule has 19 heavy (non-hydrogen) atoms. The Labute approximate surface area is 115 Å². The topological polar surface area (TPSA) is 67.3 Å². The maximum Gasteiger partial charge on any atom is 0.151 e. The van der Waals surface area contributed by atoms with Gasteiger partial charge in [-0.25, -0.2) is 4.68 Å². The third-order valence-electron chi connectivity index (χ3n) is 3.94. The Morgan fingerprint density at radius 2 is 2.16 bits per heavy atom. The lowest BCUT2D eigenvalue weighted by atomic mass is 9.91. The number of anilines is 2. The van der Waals surface area contributed by atoms with Crippen LogP contribution in [-0.2, 0) is 0 Å². The average molecular weight is 266 g/mol. The molecule has 1 aliphatic carbocycles. The summed E-state index contributed by atoms with van der Waals surface area (Å²) in [6.07, 6.45) is 4.49. The predicted molar refractivity (Wildman–Crippen MR) is 78.4 cm³/mol. The highest BCUT2D eigenvalue weighted by atomic mass is 16.3. The second-order valence-corrected chi connectivity index (χ2v) is 5.72. The van der Waals surface area contributed by atoms with Gasteiger partial charge in [-0.15, -0.1) is 0 Å². The van der Waals surface area contributed by atoms with Crippen LogP contribution in [0.5, 0.6) is 0 Å². The minimum atomic E-state index is 0.220. The number of aryl methyl sites for hydroxylation is 1. The van der Waals surface area contributed by atoms with E-state index in [1.165, 1.54) is 19.3 Å². The van der Waals surface area contributed by atoms with Crippen molar-refractivity contribution >= 4 is 11.5 Å². The molecule has 1 fully saturated rings. The van der Waals surface area contributed by atoms with Crippen molar-refractivity contribution in [3.8, 4) is 0 Å². The fourth-order valence-corrected chi connectivity index (χ4v) is 2.60. The first kappa shape index (κ1) is 14.2. The van der Waals surface area contributed by atoms with Crippen LogP contribution in [0.4, 0.5) is 11.5 Å². The predicted octanol–water partition coefficient (Wildman–Crippen LogP) is 2.10. The smallest absolute Gasteiger partial charge is 0.151 e. The van der Waals surface area contributed by atoms with Crippen LogP contribution in [-0.4, -0.2) is 34.1 Å². The summed E-state index contributed by atoms with van der Waals surface area (Å²) >= 11 is 0. The summed E-state index contributed by atoms with van der Waals surface area (Å²) in [4.78, 5) is 2.36. The van der Waals surface area contributed by atoms with Crippen molar-refractivity contribution in [1.29, 1.82) is 0 Å². The molecule has 0 saturated heterocycles. The Morgan fingerprint density at radius 3 is 2.63 bits per heavy atom. The number of aromatic nitrogens is 2. The molecule has 5 heteroatoms. The SMILES string of the molecule is Cc1nn(C(C)C)c(N(CCCO)C2CCC2)c1N. The number of hydrogen-bond acceptors (Lipinski definition) is 4. The average Bonchev–Trinajstić information content (AvgIpc) is 2.59. The van der Waals surface area contributed by atoms with E-state index in [-0.39, 0.29) is 6.61 Å². The molecule has 2 rings (SSSR count). The van der Waals surface area contributed by atoms with Crippen LogP contribution in [0.3, 0.4) is 0 Å². The van der Waals surface area contributed by atoms with Crippen molar-refractivity contribution in [2.75, 3.05) is 23.8 Å². The fourth-order valence-electron chi connectivity index (χ4n) is 2.60. The first-order valence-corrected chi connectivity index (χ1v) is 7.28. The highest BCUT2D eigenvalue weighted by molar-refractivity contribution is 5.67. The monoisotopic (exact) mass is 266 g/mol. The molecular weight excluding hydrogens is 240 g/mol. The van der Waals surface area contributed by atoms with Gasteiger partial charge in [-0.2, -0.15) is 5.10 Å². The molecule has 0 bridgehead atoms. The molecule has 0 atom stereocenters. The van der Waals surface area contributed by atoms with Crippen LogP contribution in [0.15, 0.2) is 0 Å². The van der Waals surface area contributed by atoms with E-state index in [0.29, 0.717) is 12.1 Å². The van der Waals surface area contributed by atoms with Gasteiger partial charge in [0.2, 0.25) is 0 Å². The molecule has 1 aliphatic rings. The molecule has 0 spiro atoms.